The van der Waals surface area contributed by atoms with E-state index in [2.05, 4.69) is 17.6 Å². The molecule has 0 radical (unpaired) electrons. The Morgan fingerprint density at radius 2 is 1.77 bits per heavy atom. The Morgan fingerprint density at radius 1 is 1.04 bits per heavy atom. The molecule has 1 aliphatic rings. The molecule has 0 aromatic heterocycles. The van der Waals surface area contributed by atoms with Crippen LogP contribution in [0.25, 0.3) is 0 Å². The Hall–Kier alpha value is -2.69. The van der Waals surface area contributed by atoms with Crippen molar-refractivity contribution in [2.75, 3.05) is 11.9 Å². The lowest BCUT2D eigenvalue weighted by atomic mass is 9.86. The summed E-state index contributed by atoms with van der Waals surface area (Å²) >= 11 is 0. The van der Waals surface area contributed by atoms with Crippen molar-refractivity contribution in [3.63, 3.8) is 0 Å². The van der Waals surface area contributed by atoms with E-state index in [1.165, 1.54) is 0 Å². The molecule has 1 fully saturated rings. The molecule has 2 N–H and O–H groups in total. The first-order valence-electron chi connectivity index (χ1n) is 9.20. The number of amides is 1. The third kappa shape index (κ3) is 5.15. The van der Waals surface area contributed by atoms with E-state index < -0.39 is 0 Å². The van der Waals surface area contributed by atoms with Gasteiger partial charge in [0.2, 0.25) is 0 Å². The number of hydrogen-bond donors (Lipinski definition) is 2. The van der Waals surface area contributed by atoms with Gasteiger partial charge in [-0.2, -0.15) is 0 Å². The van der Waals surface area contributed by atoms with E-state index in [1.54, 1.807) is 0 Å². The Bertz CT molecular complexity index is 699. The minimum atomic E-state index is -0.357. The van der Waals surface area contributed by atoms with E-state index >= 15 is 0 Å². The maximum Gasteiger partial charge on any atom is 0.407 e. The SMILES string of the molecule is CCCOc1ccccc1NC1CC(NC(=O)OCc2ccccc2)C1. The van der Waals surface area contributed by atoms with Crippen molar-refractivity contribution < 1.29 is 14.3 Å². The highest BCUT2D eigenvalue weighted by atomic mass is 16.5. The van der Waals surface area contributed by atoms with Crippen molar-refractivity contribution in [1.82, 2.24) is 5.32 Å². The molecule has 5 heteroatoms. The van der Waals surface area contributed by atoms with Crippen LogP contribution in [-0.2, 0) is 11.3 Å². The molecule has 3 rings (SSSR count). The lowest BCUT2D eigenvalue weighted by molar-refractivity contribution is 0.129. The normalized spacial score (nSPS) is 18.5. The van der Waals surface area contributed by atoms with Gasteiger partial charge < -0.3 is 20.1 Å². The van der Waals surface area contributed by atoms with E-state index in [9.17, 15) is 4.79 Å². The number of nitrogens with one attached hydrogen (secondary N) is 2. The molecule has 1 aliphatic carbocycles. The van der Waals surface area contributed by atoms with Crippen molar-refractivity contribution in [3.05, 3.63) is 60.2 Å². The molecule has 0 heterocycles. The predicted octanol–water partition coefficient (Wildman–Crippen LogP) is 4.34. The molecule has 0 unspecified atom stereocenters. The molecule has 2 aromatic carbocycles. The lowest BCUT2D eigenvalue weighted by Crippen LogP contribution is -2.49. The molecule has 2 aromatic rings. The topological polar surface area (TPSA) is 59.6 Å². The number of benzene rings is 2. The fraction of sp³-hybridized carbons (Fsp3) is 0.381. The van der Waals surface area contributed by atoms with Crippen molar-refractivity contribution in [2.24, 2.45) is 0 Å². The van der Waals surface area contributed by atoms with Crippen molar-refractivity contribution in [1.29, 1.82) is 0 Å². The van der Waals surface area contributed by atoms with Crippen LogP contribution in [0.5, 0.6) is 5.75 Å². The standard InChI is InChI=1S/C21H26N2O3/c1-2-12-25-20-11-7-6-10-19(20)22-17-13-18(14-17)23-21(24)26-15-16-8-4-3-5-9-16/h3-11,17-18,22H,2,12-15H2,1H3,(H,23,24). The van der Waals surface area contributed by atoms with E-state index in [-0.39, 0.29) is 12.1 Å². The second kappa shape index (κ2) is 9.13. The van der Waals surface area contributed by atoms with E-state index in [4.69, 9.17) is 9.47 Å². The van der Waals surface area contributed by atoms with Crippen LogP contribution in [0.3, 0.4) is 0 Å². The minimum Gasteiger partial charge on any atom is -0.491 e. The molecule has 138 valence electrons. The van der Waals surface area contributed by atoms with Crippen LogP contribution in [0.2, 0.25) is 0 Å². The van der Waals surface area contributed by atoms with Crippen LogP contribution < -0.4 is 15.4 Å². The number of ether oxygens (including phenoxy) is 2. The monoisotopic (exact) mass is 354 g/mol. The molecule has 26 heavy (non-hydrogen) atoms. The lowest BCUT2D eigenvalue weighted by Gasteiger charge is -2.36. The Morgan fingerprint density at radius 3 is 2.54 bits per heavy atom. The largest absolute Gasteiger partial charge is 0.491 e. The highest BCUT2D eigenvalue weighted by Crippen LogP contribution is 2.30. The Balaban J connectivity index is 1.38. The van der Waals surface area contributed by atoms with Gasteiger partial charge in [0.25, 0.3) is 0 Å². The van der Waals surface area contributed by atoms with Crippen molar-refractivity contribution >= 4 is 11.8 Å². The number of alkyl carbamates (subject to hydrolysis) is 1. The highest BCUT2D eigenvalue weighted by molar-refractivity contribution is 5.68. The number of para-hydroxylation sites is 2. The smallest absolute Gasteiger partial charge is 0.407 e. The molecule has 0 atom stereocenters. The van der Waals surface area contributed by atoms with E-state index in [0.717, 1.165) is 36.3 Å². The first-order chi connectivity index (χ1) is 12.7. The van der Waals surface area contributed by atoms with Crippen LogP contribution in [0.4, 0.5) is 10.5 Å². The zero-order chi connectivity index (χ0) is 18.2. The average molecular weight is 354 g/mol. The number of anilines is 1. The molecular formula is C21H26N2O3. The number of carbonyl (C=O) groups is 1. The first-order valence-corrected chi connectivity index (χ1v) is 9.20. The van der Waals surface area contributed by atoms with Gasteiger partial charge in [-0.05, 0) is 37.0 Å². The molecule has 0 bridgehead atoms. The van der Waals surface area contributed by atoms with Crippen LogP contribution in [0.1, 0.15) is 31.7 Å². The van der Waals surface area contributed by atoms with Crippen molar-refractivity contribution in [3.8, 4) is 5.75 Å². The average Bonchev–Trinajstić information content (AvgIpc) is 2.64. The summed E-state index contributed by atoms with van der Waals surface area (Å²) in [6, 6.07) is 18.1. The maximum atomic E-state index is 11.9. The summed E-state index contributed by atoms with van der Waals surface area (Å²) in [7, 11) is 0. The second-order valence-electron chi connectivity index (χ2n) is 6.56. The number of carbonyl (C=O) groups excluding carboxylic acids is 1. The zero-order valence-corrected chi connectivity index (χ0v) is 15.1. The molecular weight excluding hydrogens is 328 g/mol. The van der Waals surface area contributed by atoms with Crippen LogP contribution in [0, 0.1) is 0 Å². The molecule has 1 amide bonds. The predicted molar refractivity (Wildman–Crippen MR) is 102 cm³/mol. The van der Waals surface area contributed by atoms with E-state index in [0.29, 0.717) is 19.3 Å². The summed E-state index contributed by atoms with van der Waals surface area (Å²) in [4.78, 5) is 11.9. The second-order valence-corrected chi connectivity index (χ2v) is 6.56. The summed E-state index contributed by atoms with van der Waals surface area (Å²) in [5, 5.41) is 6.42. The van der Waals surface area contributed by atoms with Crippen molar-refractivity contribution in [2.45, 2.75) is 44.9 Å². The molecule has 0 saturated heterocycles. The van der Waals surface area contributed by atoms with Crippen LogP contribution >= 0.6 is 0 Å². The van der Waals surface area contributed by atoms with Gasteiger partial charge in [-0.25, -0.2) is 4.79 Å². The Kier molecular flexibility index (Phi) is 6.36. The summed E-state index contributed by atoms with van der Waals surface area (Å²) in [5.74, 6) is 0.882. The minimum absolute atomic E-state index is 0.152. The van der Waals surface area contributed by atoms with Gasteiger partial charge in [-0.1, -0.05) is 49.4 Å². The van der Waals surface area contributed by atoms with Gasteiger partial charge in [-0.3, -0.25) is 0 Å². The van der Waals surface area contributed by atoms with Crippen LogP contribution in [0.15, 0.2) is 54.6 Å². The summed E-state index contributed by atoms with van der Waals surface area (Å²) < 4.78 is 11.0. The third-order valence-corrected chi connectivity index (χ3v) is 4.38. The maximum absolute atomic E-state index is 11.9. The molecule has 0 aliphatic heterocycles. The van der Waals surface area contributed by atoms with E-state index in [1.807, 2.05) is 54.6 Å². The summed E-state index contributed by atoms with van der Waals surface area (Å²) in [6.07, 6.45) is 2.38. The summed E-state index contributed by atoms with van der Waals surface area (Å²) in [6.45, 7) is 3.10. The first kappa shape index (κ1) is 18.1. The number of rotatable bonds is 8. The fourth-order valence-electron chi connectivity index (χ4n) is 2.93. The zero-order valence-electron chi connectivity index (χ0n) is 15.1. The molecule has 0 spiro atoms. The quantitative estimate of drug-likeness (QED) is 0.740. The van der Waals surface area contributed by atoms with Gasteiger partial charge in [0.1, 0.15) is 12.4 Å². The van der Waals surface area contributed by atoms with Crippen LogP contribution in [-0.4, -0.2) is 24.8 Å². The van der Waals surface area contributed by atoms with Gasteiger partial charge in [0.15, 0.2) is 0 Å². The van der Waals surface area contributed by atoms with Gasteiger partial charge >= 0.3 is 6.09 Å². The van der Waals surface area contributed by atoms with Gasteiger partial charge in [0, 0.05) is 12.1 Å². The van der Waals surface area contributed by atoms with Gasteiger partial charge in [0.05, 0.1) is 12.3 Å². The summed E-state index contributed by atoms with van der Waals surface area (Å²) in [5.41, 5.74) is 2.00. The molecule has 5 nitrogen and oxygen atoms in total. The Labute approximate surface area is 154 Å². The third-order valence-electron chi connectivity index (χ3n) is 4.38. The molecule has 1 saturated carbocycles. The number of hydrogen-bond acceptors (Lipinski definition) is 4. The van der Waals surface area contributed by atoms with Gasteiger partial charge in [-0.15, -0.1) is 0 Å². The fourth-order valence-corrected chi connectivity index (χ4v) is 2.93. The highest BCUT2D eigenvalue weighted by Gasteiger charge is 2.31.